The summed E-state index contributed by atoms with van der Waals surface area (Å²) in [6.45, 7) is 3.74. The summed E-state index contributed by atoms with van der Waals surface area (Å²) in [7, 11) is 0. The zero-order valence-corrected chi connectivity index (χ0v) is 11.6. The SMILES string of the molecule is CCc1nc(C)ccc1Oc1ccc(Cl)c(CO)n1. The Hall–Kier alpha value is -1.65. The summed E-state index contributed by atoms with van der Waals surface area (Å²) in [6.07, 6.45) is 0.775. The average molecular weight is 279 g/mol. The van der Waals surface area contributed by atoms with Gasteiger partial charge in [0.15, 0.2) is 5.75 Å². The number of aliphatic hydroxyl groups is 1. The van der Waals surface area contributed by atoms with Gasteiger partial charge < -0.3 is 9.84 Å². The van der Waals surface area contributed by atoms with Gasteiger partial charge in [-0.25, -0.2) is 4.98 Å². The third-order valence-corrected chi connectivity index (χ3v) is 3.01. The zero-order valence-electron chi connectivity index (χ0n) is 10.9. The Labute approximate surface area is 117 Å². The topological polar surface area (TPSA) is 55.2 Å². The quantitative estimate of drug-likeness (QED) is 0.932. The van der Waals surface area contributed by atoms with Gasteiger partial charge in [0, 0.05) is 11.8 Å². The van der Waals surface area contributed by atoms with Crippen LogP contribution >= 0.6 is 11.6 Å². The Balaban J connectivity index is 2.30. The number of hydrogen-bond acceptors (Lipinski definition) is 4. The predicted molar refractivity (Wildman–Crippen MR) is 73.6 cm³/mol. The van der Waals surface area contributed by atoms with Crippen molar-refractivity contribution in [3.05, 3.63) is 46.4 Å². The van der Waals surface area contributed by atoms with Crippen molar-refractivity contribution in [1.29, 1.82) is 0 Å². The molecule has 2 heterocycles. The minimum Gasteiger partial charge on any atom is -0.437 e. The van der Waals surface area contributed by atoms with E-state index in [9.17, 15) is 0 Å². The molecule has 0 aliphatic rings. The van der Waals surface area contributed by atoms with E-state index in [1.807, 2.05) is 26.0 Å². The van der Waals surface area contributed by atoms with E-state index < -0.39 is 0 Å². The molecule has 0 fully saturated rings. The van der Waals surface area contributed by atoms with Crippen LogP contribution in [0.25, 0.3) is 0 Å². The molecule has 0 amide bonds. The zero-order chi connectivity index (χ0) is 13.8. The van der Waals surface area contributed by atoms with Crippen LogP contribution in [0.1, 0.15) is 24.0 Å². The molecule has 0 spiro atoms. The summed E-state index contributed by atoms with van der Waals surface area (Å²) in [5.41, 5.74) is 2.23. The van der Waals surface area contributed by atoms with Crippen LogP contribution in [0.5, 0.6) is 11.6 Å². The lowest BCUT2D eigenvalue weighted by Gasteiger charge is -2.10. The fourth-order valence-corrected chi connectivity index (χ4v) is 1.85. The van der Waals surface area contributed by atoms with E-state index >= 15 is 0 Å². The largest absolute Gasteiger partial charge is 0.437 e. The van der Waals surface area contributed by atoms with Crippen LogP contribution in [-0.2, 0) is 13.0 Å². The molecule has 100 valence electrons. The van der Waals surface area contributed by atoms with E-state index in [-0.39, 0.29) is 6.61 Å². The molecule has 0 aliphatic carbocycles. The Kier molecular flexibility index (Phi) is 4.35. The summed E-state index contributed by atoms with van der Waals surface area (Å²) in [5.74, 6) is 1.07. The maximum Gasteiger partial charge on any atom is 0.219 e. The van der Waals surface area contributed by atoms with Gasteiger partial charge in [-0.3, -0.25) is 4.98 Å². The number of aryl methyl sites for hydroxylation is 2. The van der Waals surface area contributed by atoms with Crippen molar-refractivity contribution in [2.24, 2.45) is 0 Å². The van der Waals surface area contributed by atoms with Crippen LogP contribution in [-0.4, -0.2) is 15.1 Å². The van der Waals surface area contributed by atoms with Gasteiger partial charge in [0.1, 0.15) is 0 Å². The number of aromatic nitrogens is 2. The van der Waals surface area contributed by atoms with E-state index in [1.165, 1.54) is 0 Å². The highest BCUT2D eigenvalue weighted by Crippen LogP contribution is 2.25. The molecule has 2 aromatic rings. The summed E-state index contributed by atoms with van der Waals surface area (Å²) in [5, 5.41) is 9.55. The van der Waals surface area contributed by atoms with E-state index in [0.29, 0.717) is 22.3 Å². The molecule has 0 radical (unpaired) electrons. The van der Waals surface area contributed by atoms with Crippen LogP contribution in [0.2, 0.25) is 5.02 Å². The van der Waals surface area contributed by atoms with Crippen molar-refractivity contribution >= 4 is 11.6 Å². The normalized spacial score (nSPS) is 10.5. The highest BCUT2D eigenvalue weighted by atomic mass is 35.5. The lowest BCUT2D eigenvalue weighted by atomic mass is 10.2. The third kappa shape index (κ3) is 3.22. The highest BCUT2D eigenvalue weighted by molar-refractivity contribution is 6.31. The van der Waals surface area contributed by atoms with Gasteiger partial charge in [0.25, 0.3) is 0 Å². The second kappa shape index (κ2) is 5.99. The number of rotatable bonds is 4. The minimum absolute atomic E-state index is 0.219. The smallest absolute Gasteiger partial charge is 0.219 e. The monoisotopic (exact) mass is 278 g/mol. The van der Waals surface area contributed by atoms with Crippen LogP contribution in [0.4, 0.5) is 0 Å². The average Bonchev–Trinajstić information content (AvgIpc) is 2.42. The molecule has 0 saturated heterocycles. The van der Waals surface area contributed by atoms with Gasteiger partial charge in [-0.15, -0.1) is 0 Å². The number of halogens is 1. The molecule has 0 atom stereocenters. The van der Waals surface area contributed by atoms with Crippen LogP contribution in [0.15, 0.2) is 24.3 Å². The lowest BCUT2D eigenvalue weighted by Crippen LogP contribution is -1.98. The van der Waals surface area contributed by atoms with Crippen molar-refractivity contribution in [2.75, 3.05) is 0 Å². The molecular weight excluding hydrogens is 264 g/mol. The summed E-state index contributed by atoms with van der Waals surface area (Å²) in [4.78, 5) is 8.57. The van der Waals surface area contributed by atoms with Crippen molar-refractivity contribution < 1.29 is 9.84 Å². The number of ether oxygens (including phenoxy) is 1. The van der Waals surface area contributed by atoms with E-state index in [2.05, 4.69) is 9.97 Å². The van der Waals surface area contributed by atoms with Crippen LogP contribution in [0, 0.1) is 6.92 Å². The Morgan fingerprint density at radius 2 is 1.95 bits per heavy atom. The number of pyridine rings is 2. The Morgan fingerprint density at radius 1 is 1.16 bits per heavy atom. The molecule has 19 heavy (non-hydrogen) atoms. The van der Waals surface area contributed by atoms with E-state index in [4.69, 9.17) is 21.4 Å². The Bertz CT molecular complexity index is 588. The summed E-state index contributed by atoms with van der Waals surface area (Å²) in [6, 6.07) is 7.08. The van der Waals surface area contributed by atoms with Crippen molar-refractivity contribution in [1.82, 2.24) is 9.97 Å². The number of nitrogens with zero attached hydrogens (tertiary/aromatic N) is 2. The first-order chi connectivity index (χ1) is 9.13. The van der Waals surface area contributed by atoms with Gasteiger partial charge in [-0.2, -0.15) is 0 Å². The molecule has 0 aromatic carbocycles. The second-order valence-electron chi connectivity index (χ2n) is 4.09. The van der Waals surface area contributed by atoms with E-state index in [1.54, 1.807) is 12.1 Å². The van der Waals surface area contributed by atoms with Crippen LogP contribution < -0.4 is 4.74 Å². The molecule has 2 rings (SSSR count). The highest BCUT2D eigenvalue weighted by Gasteiger charge is 2.08. The number of aliphatic hydroxyl groups excluding tert-OH is 1. The molecule has 4 nitrogen and oxygen atoms in total. The molecule has 0 aliphatic heterocycles. The summed E-state index contributed by atoms with van der Waals surface area (Å²) >= 11 is 5.89. The first-order valence-electron chi connectivity index (χ1n) is 6.04. The maximum absolute atomic E-state index is 9.13. The van der Waals surface area contributed by atoms with Crippen molar-refractivity contribution in [3.63, 3.8) is 0 Å². The van der Waals surface area contributed by atoms with Gasteiger partial charge in [0.05, 0.1) is 23.0 Å². The fraction of sp³-hybridized carbons (Fsp3) is 0.286. The third-order valence-electron chi connectivity index (χ3n) is 2.66. The molecule has 0 unspecified atom stereocenters. The maximum atomic E-state index is 9.13. The molecule has 0 bridgehead atoms. The fourth-order valence-electron chi connectivity index (χ4n) is 1.69. The van der Waals surface area contributed by atoms with Gasteiger partial charge in [0.2, 0.25) is 5.88 Å². The Morgan fingerprint density at radius 3 is 2.63 bits per heavy atom. The van der Waals surface area contributed by atoms with Crippen molar-refractivity contribution in [3.8, 4) is 11.6 Å². The second-order valence-corrected chi connectivity index (χ2v) is 4.50. The number of hydrogen-bond donors (Lipinski definition) is 1. The van der Waals surface area contributed by atoms with E-state index in [0.717, 1.165) is 17.8 Å². The van der Waals surface area contributed by atoms with Gasteiger partial charge >= 0.3 is 0 Å². The minimum atomic E-state index is -0.219. The van der Waals surface area contributed by atoms with Crippen LogP contribution in [0.3, 0.4) is 0 Å². The molecular formula is C14H15ClN2O2. The summed E-state index contributed by atoms with van der Waals surface area (Å²) < 4.78 is 5.71. The molecule has 5 heteroatoms. The van der Waals surface area contributed by atoms with Gasteiger partial charge in [-0.1, -0.05) is 18.5 Å². The lowest BCUT2D eigenvalue weighted by molar-refractivity contribution is 0.275. The molecule has 0 saturated carbocycles. The first kappa shape index (κ1) is 13.8. The van der Waals surface area contributed by atoms with Gasteiger partial charge in [-0.05, 0) is 31.5 Å². The molecule has 2 aromatic heterocycles. The standard InChI is InChI=1S/C14H15ClN2O2/c1-3-11-13(6-4-9(2)16-11)19-14-7-5-10(15)12(8-18)17-14/h4-7,18H,3,8H2,1-2H3. The van der Waals surface area contributed by atoms with Crippen molar-refractivity contribution in [2.45, 2.75) is 26.9 Å². The first-order valence-corrected chi connectivity index (χ1v) is 6.42. The molecule has 1 N–H and O–H groups in total. The predicted octanol–water partition coefficient (Wildman–Crippen LogP) is 3.29.